The molecule has 3 rings (SSSR count). The van der Waals surface area contributed by atoms with Gasteiger partial charge < -0.3 is 10.1 Å². The zero-order valence-corrected chi connectivity index (χ0v) is 10.4. The van der Waals surface area contributed by atoms with Crippen LogP contribution in [-0.4, -0.2) is 23.6 Å². The molecule has 18 heavy (non-hydrogen) atoms. The van der Waals surface area contributed by atoms with Gasteiger partial charge in [0.05, 0.1) is 18.8 Å². The Balaban J connectivity index is 1.64. The highest BCUT2D eigenvalue weighted by atomic mass is 32.1. The van der Waals surface area contributed by atoms with Crippen molar-refractivity contribution in [3.8, 4) is 11.3 Å². The van der Waals surface area contributed by atoms with Gasteiger partial charge in [0, 0.05) is 10.9 Å². The fraction of sp³-hybridized carbons (Fsp3) is 0.231. The lowest BCUT2D eigenvalue weighted by atomic mass is 10.2. The Morgan fingerprint density at radius 2 is 2.22 bits per heavy atom. The van der Waals surface area contributed by atoms with Gasteiger partial charge in [-0.3, -0.25) is 4.79 Å². The van der Waals surface area contributed by atoms with Gasteiger partial charge in [-0.1, -0.05) is 30.3 Å². The summed E-state index contributed by atoms with van der Waals surface area (Å²) in [5, 5.41) is 5.72. The van der Waals surface area contributed by atoms with Crippen LogP contribution in [0.3, 0.4) is 0 Å². The number of nitrogens with one attached hydrogen (secondary N) is 1. The van der Waals surface area contributed by atoms with Crippen molar-refractivity contribution in [2.75, 3.05) is 6.61 Å². The van der Waals surface area contributed by atoms with E-state index in [2.05, 4.69) is 10.3 Å². The van der Waals surface area contributed by atoms with E-state index in [0.717, 1.165) is 16.3 Å². The summed E-state index contributed by atoms with van der Waals surface area (Å²) in [7, 11) is 0. The summed E-state index contributed by atoms with van der Waals surface area (Å²) in [6, 6.07) is 10.00. The Labute approximate surface area is 109 Å². The lowest BCUT2D eigenvalue weighted by molar-refractivity contribution is -0.122. The molecule has 4 nitrogen and oxygen atoms in total. The summed E-state index contributed by atoms with van der Waals surface area (Å²) in [5.41, 5.74) is 2.05. The standard InChI is InChI=1S/C13H12N2O2S/c16-13(11-7-17-11)14-6-12-15-10(8-18-12)9-4-2-1-3-5-9/h1-5,8,11H,6-7H2,(H,14,16). The molecule has 1 amide bonds. The number of amides is 1. The van der Waals surface area contributed by atoms with Gasteiger partial charge in [-0.15, -0.1) is 11.3 Å². The van der Waals surface area contributed by atoms with E-state index >= 15 is 0 Å². The van der Waals surface area contributed by atoms with E-state index in [1.54, 1.807) is 11.3 Å². The van der Waals surface area contributed by atoms with Crippen LogP contribution >= 0.6 is 11.3 Å². The second-order valence-corrected chi connectivity index (χ2v) is 4.97. The monoisotopic (exact) mass is 260 g/mol. The van der Waals surface area contributed by atoms with Gasteiger partial charge >= 0.3 is 0 Å². The van der Waals surface area contributed by atoms with E-state index in [-0.39, 0.29) is 12.0 Å². The molecule has 1 aromatic heterocycles. The first-order chi connectivity index (χ1) is 8.83. The van der Waals surface area contributed by atoms with Crippen molar-refractivity contribution in [3.05, 3.63) is 40.7 Å². The van der Waals surface area contributed by atoms with Gasteiger partial charge in [-0.2, -0.15) is 0 Å². The zero-order valence-electron chi connectivity index (χ0n) is 9.63. The van der Waals surface area contributed by atoms with Crippen molar-refractivity contribution in [2.45, 2.75) is 12.6 Å². The molecule has 1 aromatic carbocycles. The summed E-state index contributed by atoms with van der Waals surface area (Å²) in [4.78, 5) is 15.9. The Bertz CT molecular complexity index is 549. The van der Waals surface area contributed by atoms with Gasteiger partial charge in [0.2, 0.25) is 0 Å². The maximum absolute atomic E-state index is 11.4. The topological polar surface area (TPSA) is 54.5 Å². The number of ether oxygens (including phenoxy) is 1. The van der Waals surface area contributed by atoms with Crippen molar-refractivity contribution in [1.29, 1.82) is 0 Å². The van der Waals surface area contributed by atoms with Crippen LogP contribution in [0.25, 0.3) is 11.3 Å². The van der Waals surface area contributed by atoms with Gasteiger partial charge in [0.25, 0.3) is 5.91 Å². The van der Waals surface area contributed by atoms with Crippen molar-refractivity contribution in [3.63, 3.8) is 0 Å². The van der Waals surface area contributed by atoms with E-state index < -0.39 is 0 Å². The summed E-state index contributed by atoms with van der Waals surface area (Å²) in [6.45, 7) is 1.01. The van der Waals surface area contributed by atoms with E-state index in [4.69, 9.17) is 4.74 Å². The lowest BCUT2D eigenvalue weighted by Crippen LogP contribution is -2.27. The average molecular weight is 260 g/mol. The third-order valence-corrected chi connectivity index (χ3v) is 3.51. The minimum Gasteiger partial charge on any atom is -0.363 e. The van der Waals surface area contributed by atoms with Crippen molar-refractivity contribution >= 4 is 17.2 Å². The fourth-order valence-electron chi connectivity index (χ4n) is 1.61. The molecule has 1 N–H and O–H groups in total. The van der Waals surface area contributed by atoms with Crippen LogP contribution in [0.4, 0.5) is 0 Å². The first kappa shape index (κ1) is 11.4. The molecule has 92 valence electrons. The van der Waals surface area contributed by atoms with Gasteiger partial charge in [0.1, 0.15) is 5.01 Å². The highest BCUT2D eigenvalue weighted by Gasteiger charge is 2.30. The van der Waals surface area contributed by atoms with Gasteiger partial charge in [-0.25, -0.2) is 4.98 Å². The zero-order chi connectivity index (χ0) is 12.4. The minimum atomic E-state index is -0.237. The van der Waals surface area contributed by atoms with Crippen LogP contribution in [0.15, 0.2) is 35.7 Å². The van der Waals surface area contributed by atoms with Crippen molar-refractivity contribution < 1.29 is 9.53 Å². The SMILES string of the molecule is O=C(NCc1nc(-c2ccccc2)cs1)C1CO1. The highest BCUT2D eigenvalue weighted by Crippen LogP contribution is 2.21. The predicted molar refractivity (Wildman–Crippen MR) is 69.1 cm³/mol. The summed E-state index contributed by atoms with van der Waals surface area (Å²) in [5.74, 6) is -0.0496. The summed E-state index contributed by atoms with van der Waals surface area (Å²) >= 11 is 1.55. The maximum atomic E-state index is 11.4. The second-order valence-electron chi connectivity index (χ2n) is 4.03. The van der Waals surface area contributed by atoms with Crippen LogP contribution < -0.4 is 5.32 Å². The quantitative estimate of drug-likeness (QED) is 0.853. The predicted octanol–water partition coefficient (Wildman–Crippen LogP) is 1.83. The number of rotatable bonds is 4. The van der Waals surface area contributed by atoms with Crippen LogP contribution in [0.2, 0.25) is 0 Å². The van der Waals surface area contributed by atoms with E-state index in [1.807, 2.05) is 35.7 Å². The van der Waals surface area contributed by atoms with Gasteiger partial charge in [-0.05, 0) is 0 Å². The van der Waals surface area contributed by atoms with E-state index in [1.165, 1.54) is 0 Å². The van der Waals surface area contributed by atoms with Crippen LogP contribution in [0.5, 0.6) is 0 Å². The Kier molecular flexibility index (Phi) is 3.08. The molecule has 5 heteroatoms. The Morgan fingerprint density at radius 3 is 2.94 bits per heavy atom. The summed E-state index contributed by atoms with van der Waals surface area (Å²) in [6.07, 6.45) is -0.237. The number of hydrogen-bond donors (Lipinski definition) is 1. The first-order valence-corrected chi connectivity index (χ1v) is 6.60. The van der Waals surface area contributed by atoms with E-state index in [0.29, 0.717) is 13.2 Å². The number of thiazole rings is 1. The maximum Gasteiger partial charge on any atom is 0.251 e. The Hall–Kier alpha value is -1.72. The molecule has 1 fully saturated rings. The molecule has 0 saturated carbocycles. The number of carbonyl (C=O) groups is 1. The number of aromatic nitrogens is 1. The van der Waals surface area contributed by atoms with Crippen molar-refractivity contribution in [1.82, 2.24) is 10.3 Å². The number of hydrogen-bond acceptors (Lipinski definition) is 4. The third kappa shape index (κ3) is 2.57. The van der Waals surface area contributed by atoms with Crippen LogP contribution in [-0.2, 0) is 16.1 Å². The molecule has 2 aromatic rings. The smallest absolute Gasteiger partial charge is 0.251 e. The molecule has 0 radical (unpaired) electrons. The molecule has 0 bridgehead atoms. The Morgan fingerprint density at radius 1 is 1.44 bits per heavy atom. The number of nitrogens with zero attached hydrogens (tertiary/aromatic N) is 1. The molecule has 1 saturated heterocycles. The summed E-state index contributed by atoms with van der Waals surface area (Å²) < 4.78 is 4.90. The van der Waals surface area contributed by atoms with Crippen LogP contribution in [0, 0.1) is 0 Å². The molecular formula is C13H12N2O2S. The van der Waals surface area contributed by atoms with Crippen molar-refractivity contribution in [2.24, 2.45) is 0 Å². The minimum absolute atomic E-state index is 0.0496. The molecule has 0 aliphatic carbocycles. The molecule has 1 aliphatic heterocycles. The number of epoxide rings is 1. The number of benzene rings is 1. The molecule has 1 aliphatic rings. The first-order valence-electron chi connectivity index (χ1n) is 5.72. The second kappa shape index (κ2) is 4.88. The largest absolute Gasteiger partial charge is 0.363 e. The molecule has 2 heterocycles. The van der Waals surface area contributed by atoms with Gasteiger partial charge in [0.15, 0.2) is 6.10 Å². The lowest BCUT2D eigenvalue weighted by Gasteiger charge is -1.99. The fourth-order valence-corrected chi connectivity index (χ4v) is 2.35. The van der Waals surface area contributed by atoms with Crippen LogP contribution in [0.1, 0.15) is 5.01 Å². The molecule has 1 unspecified atom stereocenters. The van der Waals surface area contributed by atoms with E-state index in [9.17, 15) is 4.79 Å². The molecule has 0 spiro atoms. The molecule has 1 atom stereocenters. The molecular weight excluding hydrogens is 248 g/mol. The average Bonchev–Trinajstić information content (AvgIpc) is 3.16. The third-order valence-electron chi connectivity index (χ3n) is 2.66. The normalized spacial score (nSPS) is 17.4. The highest BCUT2D eigenvalue weighted by molar-refractivity contribution is 7.09. The number of carbonyl (C=O) groups excluding carboxylic acids is 1.